The lowest BCUT2D eigenvalue weighted by atomic mass is 10.2. The second-order valence-electron chi connectivity index (χ2n) is 4.49. The van der Waals surface area contributed by atoms with Crippen LogP contribution in [0.1, 0.15) is 12.0 Å². The van der Waals surface area contributed by atoms with Crippen molar-refractivity contribution in [1.29, 1.82) is 0 Å². The number of nitrogens with one attached hydrogen (secondary N) is 1. The lowest BCUT2D eigenvalue weighted by Gasteiger charge is -2.05. The molecule has 0 unspecified atom stereocenters. The van der Waals surface area contributed by atoms with Crippen molar-refractivity contribution in [1.82, 2.24) is 5.32 Å². The van der Waals surface area contributed by atoms with Crippen LogP contribution in [0.4, 0.5) is 0 Å². The zero-order valence-corrected chi connectivity index (χ0v) is 12.4. The summed E-state index contributed by atoms with van der Waals surface area (Å²) in [7, 11) is 1.67. The molecule has 2 aromatic rings. The fourth-order valence-electron chi connectivity index (χ4n) is 1.99. The third kappa shape index (κ3) is 4.21. The molecule has 0 spiro atoms. The zero-order chi connectivity index (χ0) is 14.2. The molecule has 0 atom stereocenters. The number of methoxy groups -OCH3 is 1. The van der Waals surface area contributed by atoms with E-state index < -0.39 is 0 Å². The minimum Gasteiger partial charge on any atom is -0.444 e. The van der Waals surface area contributed by atoms with E-state index in [1.165, 1.54) is 0 Å². The molecule has 20 heavy (non-hydrogen) atoms. The summed E-state index contributed by atoms with van der Waals surface area (Å²) < 4.78 is 15.8. The summed E-state index contributed by atoms with van der Waals surface area (Å²) in [6, 6.07) is 7.88. The van der Waals surface area contributed by atoms with Crippen molar-refractivity contribution < 1.29 is 13.9 Å². The third-order valence-electron chi connectivity index (χ3n) is 3.02. The Hall–Kier alpha value is -1.07. The molecular formula is C15H20ClNO3. The molecule has 0 aliphatic rings. The predicted molar refractivity (Wildman–Crippen MR) is 80.2 cm³/mol. The average molecular weight is 298 g/mol. The van der Waals surface area contributed by atoms with Crippen LogP contribution in [-0.4, -0.2) is 33.5 Å². The van der Waals surface area contributed by atoms with Gasteiger partial charge in [-0.3, -0.25) is 0 Å². The van der Waals surface area contributed by atoms with Crippen LogP contribution in [0, 0.1) is 0 Å². The Morgan fingerprint density at radius 3 is 2.90 bits per heavy atom. The Bertz CT molecular complexity index is 527. The highest BCUT2D eigenvalue weighted by atomic mass is 35.5. The SMILES string of the molecule is COCCOCCCNCc1c(Cl)oc2ccccc12. The van der Waals surface area contributed by atoms with Crippen molar-refractivity contribution in [3.63, 3.8) is 0 Å². The number of ether oxygens (including phenoxy) is 2. The standard InChI is InChI=1S/C15H20ClNO3/c1-18-9-10-19-8-4-7-17-11-13-12-5-2-3-6-14(12)20-15(13)16/h2-3,5-6,17H,4,7-11H2,1H3. The van der Waals surface area contributed by atoms with E-state index >= 15 is 0 Å². The molecule has 1 aromatic heterocycles. The van der Waals surface area contributed by atoms with Crippen molar-refractivity contribution >= 4 is 22.6 Å². The van der Waals surface area contributed by atoms with Crippen LogP contribution >= 0.6 is 11.6 Å². The highest BCUT2D eigenvalue weighted by Crippen LogP contribution is 2.29. The molecule has 0 amide bonds. The third-order valence-corrected chi connectivity index (χ3v) is 3.33. The van der Waals surface area contributed by atoms with Crippen LogP contribution in [0.25, 0.3) is 11.0 Å². The number of benzene rings is 1. The van der Waals surface area contributed by atoms with Gasteiger partial charge in [-0.15, -0.1) is 0 Å². The number of hydrogen-bond donors (Lipinski definition) is 1. The Kier molecular flexibility index (Phi) is 6.33. The smallest absolute Gasteiger partial charge is 0.199 e. The normalized spacial score (nSPS) is 11.3. The van der Waals surface area contributed by atoms with Crippen LogP contribution in [0.3, 0.4) is 0 Å². The minimum absolute atomic E-state index is 0.468. The summed E-state index contributed by atoms with van der Waals surface area (Å²) in [5, 5.41) is 4.89. The van der Waals surface area contributed by atoms with Crippen molar-refractivity contribution in [3.8, 4) is 0 Å². The van der Waals surface area contributed by atoms with Gasteiger partial charge in [0, 0.05) is 31.2 Å². The van der Waals surface area contributed by atoms with Crippen molar-refractivity contribution in [2.24, 2.45) is 0 Å². The largest absolute Gasteiger partial charge is 0.444 e. The number of fused-ring (bicyclic) bond motifs is 1. The van der Waals surface area contributed by atoms with Gasteiger partial charge in [0.05, 0.1) is 13.2 Å². The van der Waals surface area contributed by atoms with Gasteiger partial charge in [0.2, 0.25) is 0 Å². The second-order valence-corrected chi connectivity index (χ2v) is 4.83. The van der Waals surface area contributed by atoms with Crippen LogP contribution in [0.5, 0.6) is 0 Å². The Morgan fingerprint density at radius 1 is 1.20 bits per heavy atom. The monoisotopic (exact) mass is 297 g/mol. The molecule has 0 saturated carbocycles. The second kappa shape index (κ2) is 8.27. The van der Waals surface area contributed by atoms with Crippen LogP contribution < -0.4 is 5.32 Å². The lowest BCUT2D eigenvalue weighted by Crippen LogP contribution is -2.16. The van der Waals surface area contributed by atoms with Gasteiger partial charge >= 0.3 is 0 Å². The first-order chi connectivity index (χ1) is 9.83. The molecule has 4 nitrogen and oxygen atoms in total. The van der Waals surface area contributed by atoms with Crippen molar-refractivity contribution in [2.75, 3.05) is 33.5 Å². The van der Waals surface area contributed by atoms with E-state index in [1.807, 2.05) is 24.3 Å². The highest BCUT2D eigenvalue weighted by Gasteiger charge is 2.10. The highest BCUT2D eigenvalue weighted by molar-refractivity contribution is 6.30. The van der Waals surface area contributed by atoms with E-state index in [1.54, 1.807) is 7.11 Å². The summed E-state index contributed by atoms with van der Waals surface area (Å²) >= 11 is 6.12. The Balaban J connectivity index is 1.72. The van der Waals surface area contributed by atoms with Crippen molar-refractivity contribution in [2.45, 2.75) is 13.0 Å². The number of hydrogen-bond acceptors (Lipinski definition) is 4. The van der Waals surface area contributed by atoms with Gasteiger partial charge in [0.15, 0.2) is 5.22 Å². The van der Waals surface area contributed by atoms with Gasteiger partial charge in [-0.1, -0.05) is 18.2 Å². The first-order valence-electron chi connectivity index (χ1n) is 6.76. The van der Waals surface area contributed by atoms with Gasteiger partial charge in [-0.2, -0.15) is 0 Å². The Labute approximate surface area is 124 Å². The molecule has 0 aliphatic heterocycles. The average Bonchev–Trinajstić information content (AvgIpc) is 2.78. The molecule has 0 fully saturated rings. The molecule has 2 rings (SSSR count). The van der Waals surface area contributed by atoms with E-state index in [-0.39, 0.29) is 0 Å². The molecule has 5 heteroatoms. The fraction of sp³-hybridized carbons (Fsp3) is 0.467. The molecule has 110 valence electrons. The number of para-hydroxylation sites is 1. The topological polar surface area (TPSA) is 43.6 Å². The van der Waals surface area contributed by atoms with Crippen LogP contribution in [-0.2, 0) is 16.0 Å². The molecule has 0 saturated heterocycles. The predicted octanol–water partition coefficient (Wildman–Crippen LogP) is 3.23. The molecule has 0 bridgehead atoms. The fourth-order valence-corrected chi connectivity index (χ4v) is 2.24. The molecule has 1 N–H and O–H groups in total. The van der Waals surface area contributed by atoms with Crippen molar-refractivity contribution in [3.05, 3.63) is 35.0 Å². The number of rotatable bonds is 9. The summed E-state index contributed by atoms with van der Waals surface area (Å²) in [4.78, 5) is 0. The van der Waals surface area contributed by atoms with E-state index in [2.05, 4.69) is 5.32 Å². The summed E-state index contributed by atoms with van der Waals surface area (Å²) in [6.45, 7) is 3.60. The molecule has 1 heterocycles. The number of furan rings is 1. The maximum Gasteiger partial charge on any atom is 0.199 e. The van der Waals surface area contributed by atoms with E-state index in [0.717, 1.165) is 36.1 Å². The van der Waals surface area contributed by atoms with Gasteiger partial charge in [-0.25, -0.2) is 0 Å². The Morgan fingerprint density at radius 2 is 2.05 bits per heavy atom. The van der Waals surface area contributed by atoms with Gasteiger partial charge in [0.1, 0.15) is 5.58 Å². The van der Waals surface area contributed by atoms with E-state index in [4.69, 9.17) is 25.5 Å². The van der Waals surface area contributed by atoms with E-state index in [9.17, 15) is 0 Å². The van der Waals surface area contributed by atoms with Crippen LogP contribution in [0.2, 0.25) is 5.22 Å². The first kappa shape index (κ1) is 15.3. The quantitative estimate of drug-likeness (QED) is 0.722. The molecular weight excluding hydrogens is 278 g/mol. The van der Waals surface area contributed by atoms with Gasteiger partial charge in [0.25, 0.3) is 0 Å². The maximum absolute atomic E-state index is 6.12. The first-order valence-corrected chi connectivity index (χ1v) is 7.14. The number of halogens is 1. The molecule has 0 radical (unpaired) electrons. The van der Waals surface area contributed by atoms with Gasteiger partial charge in [-0.05, 0) is 30.6 Å². The molecule has 0 aliphatic carbocycles. The van der Waals surface area contributed by atoms with E-state index in [0.29, 0.717) is 25.0 Å². The zero-order valence-electron chi connectivity index (χ0n) is 11.7. The van der Waals surface area contributed by atoms with Gasteiger partial charge < -0.3 is 19.2 Å². The lowest BCUT2D eigenvalue weighted by molar-refractivity contribution is 0.0695. The summed E-state index contributed by atoms with van der Waals surface area (Å²) in [5.41, 5.74) is 1.85. The maximum atomic E-state index is 6.12. The summed E-state index contributed by atoms with van der Waals surface area (Å²) in [5.74, 6) is 0. The minimum atomic E-state index is 0.468. The summed E-state index contributed by atoms with van der Waals surface area (Å²) in [6.07, 6.45) is 0.955. The van der Waals surface area contributed by atoms with Crippen LogP contribution in [0.15, 0.2) is 28.7 Å². The molecule has 1 aromatic carbocycles.